The van der Waals surface area contributed by atoms with Crippen molar-refractivity contribution in [1.29, 1.82) is 0 Å². The molecule has 0 aliphatic carbocycles. The second-order valence-electron chi connectivity index (χ2n) is 3.99. The van der Waals surface area contributed by atoms with Crippen LogP contribution in [0.1, 0.15) is 5.56 Å². The first-order valence-corrected chi connectivity index (χ1v) is 7.17. The number of hydrogen-bond donors (Lipinski definition) is 2. The van der Waals surface area contributed by atoms with Crippen molar-refractivity contribution in [1.82, 2.24) is 0 Å². The molecule has 0 amide bonds. The molecule has 2 rings (SSSR count). The van der Waals surface area contributed by atoms with Crippen LogP contribution in [0.4, 0.5) is 0 Å². The van der Waals surface area contributed by atoms with Gasteiger partial charge >= 0.3 is 0 Å². The molecule has 20 heavy (non-hydrogen) atoms. The highest BCUT2D eigenvalue weighted by molar-refractivity contribution is 7.99. The summed E-state index contributed by atoms with van der Waals surface area (Å²) in [5.41, 5.74) is 6.20. The van der Waals surface area contributed by atoms with Crippen LogP contribution in [0, 0.1) is 0 Å². The van der Waals surface area contributed by atoms with Crippen molar-refractivity contribution in [2.45, 2.75) is 4.90 Å². The number of benzene rings is 2. The molecule has 3 N–H and O–H groups in total. The summed E-state index contributed by atoms with van der Waals surface area (Å²) >= 11 is 1.72. The Morgan fingerprint density at radius 3 is 2.55 bits per heavy atom. The Morgan fingerprint density at radius 1 is 1.10 bits per heavy atom. The third-order valence-electron chi connectivity index (χ3n) is 2.62. The highest BCUT2D eigenvalue weighted by Crippen LogP contribution is 2.20. The SMILES string of the molecule is NC(=NO)c1ccccc1OCCSc1ccccc1. The first-order valence-electron chi connectivity index (χ1n) is 6.19. The van der Waals surface area contributed by atoms with Crippen molar-refractivity contribution in [3.63, 3.8) is 0 Å². The van der Waals surface area contributed by atoms with Gasteiger partial charge in [0.1, 0.15) is 5.75 Å². The quantitative estimate of drug-likeness (QED) is 0.214. The van der Waals surface area contributed by atoms with Crippen molar-refractivity contribution < 1.29 is 9.94 Å². The van der Waals surface area contributed by atoms with Crippen molar-refractivity contribution >= 4 is 17.6 Å². The summed E-state index contributed by atoms with van der Waals surface area (Å²) in [7, 11) is 0. The molecule has 4 nitrogen and oxygen atoms in total. The van der Waals surface area contributed by atoms with E-state index in [0.717, 1.165) is 5.75 Å². The first-order chi connectivity index (χ1) is 9.81. The van der Waals surface area contributed by atoms with Gasteiger partial charge in [0, 0.05) is 10.6 Å². The Hall–Kier alpha value is -2.14. The third-order valence-corrected chi connectivity index (χ3v) is 3.60. The zero-order valence-corrected chi connectivity index (χ0v) is 11.7. The van der Waals surface area contributed by atoms with E-state index in [-0.39, 0.29) is 5.84 Å². The van der Waals surface area contributed by atoms with Crippen LogP contribution >= 0.6 is 11.8 Å². The van der Waals surface area contributed by atoms with Crippen LogP contribution in [0.5, 0.6) is 5.75 Å². The molecule has 0 aliphatic rings. The van der Waals surface area contributed by atoms with E-state index in [1.54, 1.807) is 23.9 Å². The summed E-state index contributed by atoms with van der Waals surface area (Å²) in [6, 6.07) is 17.4. The zero-order chi connectivity index (χ0) is 14.2. The molecule has 0 spiro atoms. The van der Waals surface area contributed by atoms with Gasteiger partial charge < -0.3 is 15.7 Å². The standard InChI is InChI=1S/C15H16N2O2S/c16-15(17-18)13-8-4-5-9-14(13)19-10-11-20-12-6-2-1-3-7-12/h1-9,18H,10-11H2,(H2,16,17). The first kappa shape index (κ1) is 14.3. The average molecular weight is 288 g/mol. The van der Waals surface area contributed by atoms with Crippen LogP contribution < -0.4 is 10.5 Å². The molecule has 0 fully saturated rings. The van der Waals surface area contributed by atoms with Crippen LogP contribution in [-0.2, 0) is 0 Å². The monoisotopic (exact) mass is 288 g/mol. The fourth-order valence-electron chi connectivity index (χ4n) is 1.69. The Balaban J connectivity index is 1.88. The molecule has 0 aromatic heterocycles. The zero-order valence-electron chi connectivity index (χ0n) is 10.9. The number of rotatable bonds is 6. The van der Waals surface area contributed by atoms with Gasteiger partial charge in [0.15, 0.2) is 5.84 Å². The lowest BCUT2D eigenvalue weighted by atomic mass is 10.2. The molecule has 104 valence electrons. The van der Waals surface area contributed by atoms with Crippen LogP contribution in [0.25, 0.3) is 0 Å². The fourth-order valence-corrected chi connectivity index (χ4v) is 2.44. The number of amidine groups is 1. The van der Waals surface area contributed by atoms with Crippen LogP contribution in [-0.4, -0.2) is 23.4 Å². The molecule has 0 atom stereocenters. The third kappa shape index (κ3) is 3.93. The topological polar surface area (TPSA) is 67.8 Å². The van der Waals surface area contributed by atoms with Crippen LogP contribution in [0.15, 0.2) is 64.6 Å². The predicted molar refractivity (Wildman–Crippen MR) is 81.6 cm³/mol. The van der Waals surface area contributed by atoms with Gasteiger partial charge in [-0.2, -0.15) is 0 Å². The summed E-state index contributed by atoms with van der Waals surface area (Å²) in [6.07, 6.45) is 0. The molecular weight excluding hydrogens is 272 g/mol. The number of nitrogens with zero attached hydrogens (tertiary/aromatic N) is 1. The van der Waals surface area contributed by atoms with Gasteiger partial charge in [0.2, 0.25) is 0 Å². The van der Waals surface area contributed by atoms with Gasteiger partial charge in [-0.05, 0) is 24.3 Å². The minimum absolute atomic E-state index is 0.0521. The van der Waals surface area contributed by atoms with Gasteiger partial charge in [-0.15, -0.1) is 11.8 Å². The maximum absolute atomic E-state index is 8.74. The highest BCUT2D eigenvalue weighted by atomic mass is 32.2. The number of nitrogens with two attached hydrogens (primary N) is 1. The van der Waals surface area contributed by atoms with Crippen molar-refractivity contribution in [3.05, 3.63) is 60.2 Å². The molecule has 0 saturated carbocycles. The Labute approximate surface area is 122 Å². The molecule has 2 aromatic rings. The van der Waals surface area contributed by atoms with Crippen LogP contribution in [0.2, 0.25) is 0 Å². The van der Waals surface area contributed by atoms with E-state index in [1.807, 2.05) is 30.3 Å². The normalized spacial score (nSPS) is 11.3. The number of hydrogen-bond acceptors (Lipinski definition) is 4. The number of para-hydroxylation sites is 1. The molecule has 0 bridgehead atoms. The predicted octanol–water partition coefficient (Wildman–Crippen LogP) is 2.95. The molecule has 0 heterocycles. The van der Waals surface area contributed by atoms with Crippen molar-refractivity contribution in [3.8, 4) is 5.75 Å². The van der Waals surface area contributed by atoms with Crippen LogP contribution in [0.3, 0.4) is 0 Å². The maximum Gasteiger partial charge on any atom is 0.173 e. The number of ether oxygens (including phenoxy) is 1. The lowest BCUT2D eigenvalue weighted by molar-refractivity contribution is 0.317. The largest absolute Gasteiger partial charge is 0.492 e. The summed E-state index contributed by atoms with van der Waals surface area (Å²) in [4.78, 5) is 1.21. The minimum atomic E-state index is 0.0521. The van der Waals surface area contributed by atoms with Gasteiger partial charge in [-0.3, -0.25) is 0 Å². The maximum atomic E-state index is 8.74. The smallest absolute Gasteiger partial charge is 0.173 e. The van der Waals surface area contributed by atoms with Gasteiger partial charge in [0.05, 0.1) is 12.2 Å². The Morgan fingerprint density at radius 2 is 1.80 bits per heavy atom. The van der Waals surface area contributed by atoms with Gasteiger partial charge in [-0.25, -0.2) is 0 Å². The summed E-state index contributed by atoms with van der Waals surface area (Å²) in [6.45, 7) is 0.551. The summed E-state index contributed by atoms with van der Waals surface area (Å²) in [5, 5.41) is 11.7. The van der Waals surface area contributed by atoms with E-state index in [1.165, 1.54) is 4.90 Å². The number of oxime groups is 1. The Kier molecular flexibility index (Phi) is 5.32. The second-order valence-corrected chi connectivity index (χ2v) is 5.16. The fraction of sp³-hybridized carbons (Fsp3) is 0.133. The molecule has 0 radical (unpaired) electrons. The lowest BCUT2D eigenvalue weighted by Crippen LogP contribution is -2.15. The molecule has 2 aromatic carbocycles. The highest BCUT2D eigenvalue weighted by Gasteiger charge is 2.07. The molecule has 5 heteroatoms. The minimum Gasteiger partial charge on any atom is -0.492 e. The van der Waals surface area contributed by atoms with Crippen molar-refractivity contribution in [2.24, 2.45) is 10.9 Å². The summed E-state index contributed by atoms with van der Waals surface area (Å²) < 4.78 is 5.69. The van der Waals surface area contributed by atoms with E-state index >= 15 is 0 Å². The molecular formula is C15H16N2O2S. The Bertz CT molecular complexity index is 573. The second kappa shape index (κ2) is 7.45. The van der Waals surface area contributed by atoms with E-state index in [4.69, 9.17) is 15.7 Å². The van der Waals surface area contributed by atoms with E-state index in [9.17, 15) is 0 Å². The average Bonchev–Trinajstić information content (AvgIpc) is 2.52. The molecule has 0 saturated heterocycles. The van der Waals surface area contributed by atoms with E-state index in [0.29, 0.717) is 17.9 Å². The lowest BCUT2D eigenvalue weighted by Gasteiger charge is -2.10. The van der Waals surface area contributed by atoms with Gasteiger partial charge in [0.25, 0.3) is 0 Å². The van der Waals surface area contributed by atoms with Crippen molar-refractivity contribution in [2.75, 3.05) is 12.4 Å². The summed E-state index contributed by atoms with van der Waals surface area (Å²) in [5.74, 6) is 1.50. The number of thioether (sulfide) groups is 1. The van der Waals surface area contributed by atoms with E-state index < -0.39 is 0 Å². The molecule has 0 aliphatic heterocycles. The van der Waals surface area contributed by atoms with E-state index in [2.05, 4.69) is 17.3 Å². The molecule has 0 unspecified atom stereocenters. The van der Waals surface area contributed by atoms with Gasteiger partial charge in [-0.1, -0.05) is 35.5 Å².